The summed E-state index contributed by atoms with van der Waals surface area (Å²) in [6.45, 7) is 7.36. The molecule has 3 heterocycles. The first kappa shape index (κ1) is 30.0. The average Bonchev–Trinajstić information content (AvgIpc) is 3.57. The molecule has 0 unspecified atom stereocenters. The molecule has 1 fully saturated rings. The number of amides is 2. The Hall–Kier alpha value is -3.47. The van der Waals surface area contributed by atoms with Crippen LogP contribution in [0.1, 0.15) is 55.0 Å². The number of carbonyl (C=O) groups excluding carboxylic acids is 2. The number of imidazole rings is 1. The van der Waals surface area contributed by atoms with Crippen molar-refractivity contribution in [2.45, 2.75) is 45.8 Å². The van der Waals surface area contributed by atoms with Gasteiger partial charge in [0.25, 0.3) is 5.91 Å². The van der Waals surface area contributed by atoms with Gasteiger partial charge in [0.15, 0.2) is 0 Å². The molecular formula is C30H32Cl2N4O5S. The van der Waals surface area contributed by atoms with Gasteiger partial charge < -0.3 is 24.8 Å². The molecule has 1 aliphatic rings. The van der Waals surface area contributed by atoms with Gasteiger partial charge in [-0.15, -0.1) is 11.3 Å². The van der Waals surface area contributed by atoms with E-state index in [4.69, 9.17) is 43.1 Å². The molecule has 1 saturated heterocycles. The van der Waals surface area contributed by atoms with Crippen molar-refractivity contribution >= 4 is 57.6 Å². The standard InChI is InChI=1S/C30H32Cl2N4O5S/c1-17(2)15-39-30(38)35-11-9-20(10-12-35)41-24-6-4-5-21(27(24)32)18(3)40-25-14-26(42-28(25)29(33)37)36-16-34-22-13-19(31)7-8-23(22)36/h4-8,13-14,16-18,20H,9-12,15H2,1-3H3,(H2,33,37)/t18-/m1/s1. The molecule has 0 saturated carbocycles. The average molecular weight is 632 g/mol. The van der Waals surface area contributed by atoms with Gasteiger partial charge in [-0.05, 0) is 37.1 Å². The number of nitrogens with two attached hydrogens (primary N) is 1. The van der Waals surface area contributed by atoms with E-state index in [2.05, 4.69) is 4.98 Å². The molecule has 1 aliphatic heterocycles. The molecule has 42 heavy (non-hydrogen) atoms. The summed E-state index contributed by atoms with van der Waals surface area (Å²) >= 11 is 14.1. The number of hydrogen-bond acceptors (Lipinski definition) is 7. The zero-order valence-electron chi connectivity index (χ0n) is 23.5. The summed E-state index contributed by atoms with van der Waals surface area (Å²) in [6, 6.07) is 12.7. The first-order valence-electron chi connectivity index (χ1n) is 13.7. The van der Waals surface area contributed by atoms with Crippen LogP contribution in [-0.2, 0) is 4.74 Å². The predicted molar refractivity (Wildman–Crippen MR) is 164 cm³/mol. The summed E-state index contributed by atoms with van der Waals surface area (Å²) in [5.41, 5.74) is 7.98. The van der Waals surface area contributed by atoms with Crippen LogP contribution in [0.2, 0.25) is 10.0 Å². The number of carbonyl (C=O) groups is 2. The van der Waals surface area contributed by atoms with Crippen LogP contribution in [0.4, 0.5) is 4.79 Å². The SMILES string of the molecule is CC(C)COC(=O)N1CCC(Oc2cccc([C@@H](C)Oc3cc(-n4cnc5cc(Cl)ccc54)sc3C(N)=O)c2Cl)CC1. The summed E-state index contributed by atoms with van der Waals surface area (Å²) in [6.07, 6.45) is 2.10. The van der Waals surface area contributed by atoms with E-state index in [1.165, 1.54) is 11.3 Å². The van der Waals surface area contributed by atoms with Crippen LogP contribution in [0.3, 0.4) is 0 Å². The highest BCUT2D eigenvalue weighted by Gasteiger charge is 2.27. The molecule has 2 amide bonds. The number of aromatic nitrogens is 2. The van der Waals surface area contributed by atoms with Crippen molar-refractivity contribution in [3.63, 3.8) is 0 Å². The summed E-state index contributed by atoms with van der Waals surface area (Å²) in [5.74, 6) is 0.584. The molecule has 0 bridgehead atoms. The van der Waals surface area contributed by atoms with Gasteiger partial charge in [-0.1, -0.05) is 49.2 Å². The van der Waals surface area contributed by atoms with E-state index in [1.54, 1.807) is 29.4 Å². The van der Waals surface area contributed by atoms with Crippen LogP contribution >= 0.6 is 34.5 Å². The van der Waals surface area contributed by atoms with Crippen LogP contribution in [0, 0.1) is 5.92 Å². The maximum absolute atomic E-state index is 12.3. The van der Waals surface area contributed by atoms with Gasteiger partial charge in [0.2, 0.25) is 0 Å². The highest BCUT2D eigenvalue weighted by Crippen LogP contribution is 2.39. The summed E-state index contributed by atoms with van der Waals surface area (Å²) in [7, 11) is 0. The van der Waals surface area contributed by atoms with Gasteiger partial charge in [-0.3, -0.25) is 9.36 Å². The van der Waals surface area contributed by atoms with E-state index >= 15 is 0 Å². The highest BCUT2D eigenvalue weighted by atomic mass is 35.5. The third-order valence-corrected chi connectivity index (χ3v) is 8.69. The Labute approximate surface area is 258 Å². The Morgan fingerprint density at radius 1 is 1.10 bits per heavy atom. The summed E-state index contributed by atoms with van der Waals surface area (Å²) in [4.78, 5) is 31.0. The molecule has 0 aliphatic carbocycles. The molecule has 5 rings (SSSR count). The molecule has 0 radical (unpaired) electrons. The van der Waals surface area contributed by atoms with Gasteiger partial charge in [-0.2, -0.15) is 0 Å². The zero-order valence-corrected chi connectivity index (χ0v) is 25.8. The number of primary amides is 1. The van der Waals surface area contributed by atoms with Crippen molar-refractivity contribution < 1.29 is 23.8 Å². The van der Waals surface area contributed by atoms with Gasteiger partial charge in [-0.25, -0.2) is 9.78 Å². The van der Waals surface area contributed by atoms with Crippen molar-refractivity contribution in [3.8, 4) is 16.5 Å². The molecule has 222 valence electrons. The maximum atomic E-state index is 12.3. The fourth-order valence-corrected chi connectivity index (χ4v) is 6.17. The number of halogens is 2. The van der Waals surface area contributed by atoms with Crippen molar-refractivity contribution in [2.75, 3.05) is 19.7 Å². The van der Waals surface area contributed by atoms with E-state index in [0.717, 1.165) is 16.0 Å². The smallest absolute Gasteiger partial charge is 0.409 e. The maximum Gasteiger partial charge on any atom is 0.409 e. The van der Waals surface area contributed by atoms with Crippen LogP contribution in [0.25, 0.3) is 16.0 Å². The van der Waals surface area contributed by atoms with E-state index in [-0.39, 0.29) is 23.0 Å². The fraction of sp³-hybridized carbons (Fsp3) is 0.367. The number of benzene rings is 2. The van der Waals surface area contributed by atoms with Crippen LogP contribution < -0.4 is 15.2 Å². The molecule has 2 aromatic carbocycles. The molecule has 2 aromatic heterocycles. The summed E-state index contributed by atoms with van der Waals surface area (Å²) < 4.78 is 19.7. The number of piperidine rings is 1. The number of nitrogens with zero attached hydrogens (tertiary/aromatic N) is 3. The molecule has 0 spiro atoms. The van der Waals surface area contributed by atoms with Crippen LogP contribution in [0.5, 0.6) is 11.5 Å². The minimum atomic E-state index is -0.594. The predicted octanol–water partition coefficient (Wildman–Crippen LogP) is 7.27. The molecule has 4 aromatic rings. The Morgan fingerprint density at radius 2 is 1.86 bits per heavy atom. The van der Waals surface area contributed by atoms with E-state index < -0.39 is 12.0 Å². The fourth-order valence-electron chi connectivity index (χ4n) is 4.75. The number of likely N-dealkylation sites (tertiary alicyclic amines) is 1. The normalized spacial score (nSPS) is 14.8. The monoisotopic (exact) mass is 630 g/mol. The van der Waals surface area contributed by atoms with Gasteiger partial charge in [0.05, 0.1) is 22.7 Å². The van der Waals surface area contributed by atoms with Crippen molar-refractivity contribution in [3.05, 3.63) is 69.3 Å². The number of ether oxygens (including phenoxy) is 3. The Balaban J connectivity index is 1.28. The van der Waals surface area contributed by atoms with Crippen molar-refractivity contribution in [1.82, 2.24) is 14.5 Å². The largest absolute Gasteiger partial charge is 0.489 e. The second-order valence-corrected chi connectivity index (χ2v) is 12.4. The van der Waals surface area contributed by atoms with Gasteiger partial charge >= 0.3 is 6.09 Å². The minimum absolute atomic E-state index is 0.0936. The van der Waals surface area contributed by atoms with Gasteiger partial charge in [0, 0.05) is 42.6 Å². The second kappa shape index (κ2) is 12.8. The molecule has 1 atom stereocenters. The zero-order chi connectivity index (χ0) is 30.0. The molecule has 2 N–H and O–H groups in total. The number of hydrogen-bond donors (Lipinski definition) is 1. The first-order valence-corrected chi connectivity index (χ1v) is 15.3. The lowest BCUT2D eigenvalue weighted by Gasteiger charge is -2.32. The highest BCUT2D eigenvalue weighted by molar-refractivity contribution is 7.16. The van der Waals surface area contributed by atoms with Crippen LogP contribution in [0.15, 0.2) is 48.8 Å². The quantitative estimate of drug-likeness (QED) is 0.208. The van der Waals surface area contributed by atoms with Crippen molar-refractivity contribution in [1.29, 1.82) is 0 Å². The lowest BCUT2D eigenvalue weighted by atomic mass is 10.1. The molecular weight excluding hydrogens is 599 g/mol. The van der Waals surface area contributed by atoms with E-state index in [0.29, 0.717) is 59.6 Å². The summed E-state index contributed by atoms with van der Waals surface area (Å²) in [5, 5.41) is 1.74. The third kappa shape index (κ3) is 6.61. The van der Waals surface area contributed by atoms with Crippen LogP contribution in [-0.4, -0.2) is 52.3 Å². The lowest BCUT2D eigenvalue weighted by Crippen LogP contribution is -2.42. The number of thiophene rings is 1. The Bertz CT molecular complexity index is 1600. The number of rotatable bonds is 9. The molecule has 9 nitrogen and oxygen atoms in total. The number of fused-ring (bicyclic) bond motifs is 1. The van der Waals surface area contributed by atoms with Gasteiger partial charge in [0.1, 0.15) is 39.9 Å². The van der Waals surface area contributed by atoms with Crippen molar-refractivity contribution in [2.24, 2.45) is 11.7 Å². The second-order valence-electron chi connectivity index (χ2n) is 10.6. The first-order chi connectivity index (χ1) is 20.1. The Morgan fingerprint density at radius 3 is 2.57 bits per heavy atom. The molecule has 12 heteroatoms. The lowest BCUT2D eigenvalue weighted by molar-refractivity contribution is 0.0617. The van der Waals surface area contributed by atoms with E-state index in [9.17, 15) is 9.59 Å². The Kier molecular flexibility index (Phi) is 9.15. The third-order valence-electron chi connectivity index (χ3n) is 6.92. The van der Waals surface area contributed by atoms with E-state index in [1.807, 2.05) is 49.6 Å². The topological polar surface area (TPSA) is 109 Å². The minimum Gasteiger partial charge on any atom is -0.489 e.